The number of guanidine groups is 1. The lowest BCUT2D eigenvalue weighted by Gasteiger charge is -2.38. The summed E-state index contributed by atoms with van der Waals surface area (Å²) in [7, 11) is 1.85. The highest BCUT2D eigenvalue weighted by Gasteiger charge is 2.36. The van der Waals surface area contributed by atoms with Crippen LogP contribution in [0.4, 0.5) is 0 Å². The molecule has 0 saturated carbocycles. The van der Waals surface area contributed by atoms with E-state index in [4.69, 9.17) is 14.2 Å². The van der Waals surface area contributed by atoms with Gasteiger partial charge in [0.1, 0.15) is 0 Å². The summed E-state index contributed by atoms with van der Waals surface area (Å²) in [5.41, 5.74) is 1.28. The molecule has 2 N–H and O–H groups in total. The lowest BCUT2D eigenvalue weighted by atomic mass is 9.74. The summed E-state index contributed by atoms with van der Waals surface area (Å²) in [4.78, 5) is 7.02. The van der Waals surface area contributed by atoms with E-state index >= 15 is 0 Å². The number of halogens is 1. The van der Waals surface area contributed by atoms with E-state index in [2.05, 4.69) is 39.6 Å². The number of benzene rings is 1. The lowest BCUT2D eigenvalue weighted by molar-refractivity contribution is 0.0513. The number of ether oxygens (including phenoxy) is 3. The molecule has 0 bridgehead atoms. The number of aliphatic imine (C=N–C) groups is 1. The van der Waals surface area contributed by atoms with Gasteiger partial charge in [0.05, 0.1) is 0 Å². The van der Waals surface area contributed by atoms with Crippen molar-refractivity contribution in [3.05, 3.63) is 23.8 Å². The van der Waals surface area contributed by atoms with Gasteiger partial charge in [0.15, 0.2) is 17.5 Å². The molecule has 168 valence electrons. The Morgan fingerprint density at radius 1 is 1.20 bits per heavy atom. The van der Waals surface area contributed by atoms with E-state index in [-0.39, 0.29) is 29.4 Å². The van der Waals surface area contributed by atoms with Crippen molar-refractivity contribution >= 4 is 29.9 Å². The molecule has 1 unspecified atom stereocenters. The first kappa shape index (κ1) is 23.4. The SMILES string of the molecule is CCN1CCCC1CNC(=NC)NCC1(c2ccc3c(c2)OCO3)CCOCC1.I. The number of hydrogen-bond acceptors (Lipinski definition) is 5. The Morgan fingerprint density at radius 3 is 2.77 bits per heavy atom. The summed E-state index contributed by atoms with van der Waals surface area (Å²) in [6.45, 7) is 8.18. The fourth-order valence-electron chi connectivity index (χ4n) is 4.79. The van der Waals surface area contributed by atoms with E-state index < -0.39 is 0 Å². The zero-order chi connectivity index (χ0) is 20.1. The van der Waals surface area contributed by atoms with Crippen LogP contribution >= 0.6 is 24.0 Å². The van der Waals surface area contributed by atoms with Crippen LogP contribution in [0.5, 0.6) is 11.5 Å². The zero-order valence-electron chi connectivity index (χ0n) is 18.1. The molecule has 0 aliphatic carbocycles. The van der Waals surface area contributed by atoms with Crippen LogP contribution in [0.3, 0.4) is 0 Å². The molecule has 2 saturated heterocycles. The van der Waals surface area contributed by atoms with Crippen LogP contribution in [-0.4, -0.2) is 70.1 Å². The van der Waals surface area contributed by atoms with Crippen LogP contribution in [-0.2, 0) is 10.2 Å². The van der Waals surface area contributed by atoms with Crippen molar-refractivity contribution < 1.29 is 14.2 Å². The molecule has 7 nitrogen and oxygen atoms in total. The highest BCUT2D eigenvalue weighted by atomic mass is 127. The van der Waals surface area contributed by atoms with Gasteiger partial charge in [-0.2, -0.15) is 0 Å². The Hall–Kier alpha value is -1.26. The monoisotopic (exact) mass is 530 g/mol. The maximum absolute atomic E-state index is 5.68. The normalized spacial score (nSPS) is 23.1. The molecule has 8 heteroatoms. The molecule has 1 aromatic rings. The molecule has 3 aliphatic rings. The van der Waals surface area contributed by atoms with Gasteiger partial charge in [0, 0.05) is 44.8 Å². The summed E-state index contributed by atoms with van der Waals surface area (Å²) >= 11 is 0. The van der Waals surface area contributed by atoms with Crippen molar-refractivity contribution in [1.29, 1.82) is 0 Å². The minimum absolute atomic E-state index is 0. The third-order valence-electron chi connectivity index (χ3n) is 6.66. The fourth-order valence-corrected chi connectivity index (χ4v) is 4.79. The van der Waals surface area contributed by atoms with E-state index in [1.165, 1.54) is 24.9 Å². The molecule has 30 heavy (non-hydrogen) atoms. The first-order valence-electron chi connectivity index (χ1n) is 10.9. The maximum Gasteiger partial charge on any atom is 0.231 e. The van der Waals surface area contributed by atoms with E-state index in [0.717, 1.165) is 63.1 Å². The highest BCUT2D eigenvalue weighted by Crippen LogP contribution is 2.40. The molecular weight excluding hydrogens is 495 g/mol. The standard InChI is InChI=1S/C22H34N4O3.HI/c1-3-26-10-4-5-18(26)14-24-21(23-2)25-15-22(8-11-27-12-9-22)17-6-7-19-20(13-17)29-16-28-19;/h6-7,13,18H,3-5,8-12,14-16H2,1-2H3,(H2,23,24,25);1H. The Kier molecular flexibility index (Phi) is 8.47. The van der Waals surface area contributed by atoms with Gasteiger partial charge < -0.3 is 24.8 Å². The summed E-state index contributed by atoms with van der Waals surface area (Å²) in [5.74, 6) is 2.55. The average Bonchev–Trinajstić information content (AvgIpc) is 3.43. The van der Waals surface area contributed by atoms with Gasteiger partial charge in [0.25, 0.3) is 0 Å². The number of likely N-dealkylation sites (tertiary alicyclic amines) is 1. The number of likely N-dealkylation sites (N-methyl/N-ethyl adjacent to an activating group) is 1. The minimum Gasteiger partial charge on any atom is -0.454 e. The summed E-state index contributed by atoms with van der Waals surface area (Å²) < 4.78 is 16.8. The van der Waals surface area contributed by atoms with Crippen molar-refractivity contribution in [2.75, 3.05) is 53.2 Å². The predicted octanol–water partition coefficient (Wildman–Crippen LogP) is 2.73. The quantitative estimate of drug-likeness (QED) is 0.335. The second-order valence-electron chi connectivity index (χ2n) is 8.19. The third-order valence-corrected chi connectivity index (χ3v) is 6.66. The topological polar surface area (TPSA) is 67.4 Å². The number of nitrogens with one attached hydrogen (secondary N) is 2. The number of hydrogen-bond donors (Lipinski definition) is 2. The van der Waals surface area contributed by atoms with Crippen LogP contribution in [0, 0.1) is 0 Å². The van der Waals surface area contributed by atoms with Crippen LogP contribution in [0.2, 0.25) is 0 Å². The first-order chi connectivity index (χ1) is 14.2. The molecule has 0 amide bonds. The molecule has 3 aliphatic heterocycles. The van der Waals surface area contributed by atoms with Gasteiger partial charge in [-0.25, -0.2) is 0 Å². The van der Waals surface area contributed by atoms with Crippen LogP contribution in [0.1, 0.15) is 38.2 Å². The minimum atomic E-state index is -0.000335. The first-order valence-corrected chi connectivity index (χ1v) is 10.9. The Bertz CT molecular complexity index is 724. The second kappa shape index (κ2) is 10.9. The van der Waals surface area contributed by atoms with Crippen molar-refractivity contribution in [3.8, 4) is 11.5 Å². The van der Waals surface area contributed by atoms with Crippen molar-refractivity contribution in [3.63, 3.8) is 0 Å². The number of fused-ring (bicyclic) bond motifs is 1. The smallest absolute Gasteiger partial charge is 0.231 e. The number of rotatable bonds is 6. The second-order valence-corrected chi connectivity index (χ2v) is 8.19. The Labute approximate surface area is 196 Å². The largest absolute Gasteiger partial charge is 0.454 e. The van der Waals surface area contributed by atoms with Gasteiger partial charge in [-0.15, -0.1) is 24.0 Å². The molecule has 0 spiro atoms. The Morgan fingerprint density at radius 2 is 2.00 bits per heavy atom. The summed E-state index contributed by atoms with van der Waals surface area (Å²) in [6.07, 6.45) is 4.50. The molecule has 0 aromatic heterocycles. The molecular formula is C22H35IN4O3. The molecule has 1 aromatic carbocycles. The average molecular weight is 530 g/mol. The van der Waals surface area contributed by atoms with Crippen molar-refractivity contribution in [2.24, 2.45) is 4.99 Å². The number of nitrogens with zero attached hydrogens (tertiary/aromatic N) is 2. The van der Waals surface area contributed by atoms with Gasteiger partial charge in [-0.3, -0.25) is 9.89 Å². The van der Waals surface area contributed by atoms with E-state index in [1.807, 2.05) is 13.1 Å². The van der Waals surface area contributed by atoms with Crippen molar-refractivity contribution in [2.45, 2.75) is 44.1 Å². The van der Waals surface area contributed by atoms with Crippen molar-refractivity contribution in [1.82, 2.24) is 15.5 Å². The summed E-state index contributed by atoms with van der Waals surface area (Å²) in [6, 6.07) is 6.95. The van der Waals surface area contributed by atoms with E-state index in [0.29, 0.717) is 12.8 Å². The van der Waals surface area contributed by atoms with Crippen LogP contribution < -0.4 is 20.1 Å². The molecule has 2 fully saturated rings. The molecule has 0 radical (unpaired) electrons. The van der Waals surface area contributed by atoms with E-state index in [1.54, 1.807) is 0 Å². The van der Waals surface area contributed by atoms with E-state index in [9.17, 15) is 0 Å². The third kappa shape index (κ3) is 5.13. The van der Waals surface area contributed by atoms with Gasteiger partial charge >= 0.3 is 0 Å². The Balaban J connectivity index is 0.00000256. The molecule has 1 atom stereocenters. The summed E-state index contributed by atoms with van der Waals surface area (Å²) in [5, 5.41) is 7.14. The zero-order valence-corrected chi connectivity index (χ0v) is 20.4. The van der Waals surface area contributed by atoms with Crippen LogP contribution in [0.15, 0.2) is 23.2 Å². The maximum atomic E-state index is 5.68. The highest BCUT2D eigenvalue weighted by molar-refractivity contribution is 14.0. The van der Waals surface area contributed by atoms with Gasteiger partial charge in [0.2, 0.25) is 6.79 Å². The van der Waals surface area contributed by atoms with Gasteiger partial charge in [-0.1, -0.05) is 13.0 Å². The lowest BCUT2D eigenvalue weighted by Crippen LogP contribution is -2.50. The van der Waals surface area contributed by atoms with Crippen LogP contribution in [0.25, 0.3) is 0 Å². The molecule has 4 rings (SSSR count). The predicted molar refractivity (Wildman–Crippen MR) is 129 cm³/mol. The molecule has 3 heterocycles. The van der Waals surface area contributed by atoms with Gasteiger partial charge in [-0.05, 0) is 56.5 Å². The fraction of sp³-hybridized carbons (Fsp3) is 0.682.